The van der Waals surface area contributed by atoms with Gasteiger partial charge in [0.25, 0.3) is 0 Å². The van der Waals surface area contributed by atoms with Crippen molar-refractivity contribution in [3.8, 4) is 0 Å². The van der Waals surface area contributed by atoms with Crippen LogP contribution < -0.4 is 10.6 Å². The van der Waals surface area contributed by atoms with Crippen LogP contribution >= 0.6 is 12.2 Å². The van der Waals surface area contributed by atoms with Gasteiger partial charge in [-0.2, -0.15) is 0 Å². The van der Waals surface area contributed by atoms with Crippen LogP contribution in [-0.4, -0.2) is 97.3 Å². The highest BCUT2D eigenvalue weighted by Crippen LogP contribution is 2.28. The van der Waals surface area contributed by atoms with Crippen LogP contribution in [0.5, 0.6) is 0 Å². The average molecular weight is 532 g/mol. The summed E-state index contributed by atoms with van der Waals surface area (Å²) in [6, 6.07) is 0.355. The van der Waals surface area contributed by atoms with E-state index in [1.807, 2.05) is 14.1 Å². The van der Waals surface area contributed by atoms with Crippen molar-refractivity contribution in [2.24, 2.45) is 0 Å². The minimum absolute atomic E-state index is 0.0828. The predicted octanol–water partition coefficient (Wildman–Crippen LogP) is 0.406. The summed E-state index contributed by atoms with van der Waals surface area (Å²) in [6.45, 7) is 4.44. The molecule has 13 heteroatoms. The van der Waals surface area contributed by atoms with E-state index in [0.29, 0.717) is 0 Å². The number of hydrogen-bond acceptors (Lipinski definition) is 11. The Balaban J connectivity index is 2.32. The summed E-state index contributed by atoms with van der Waals surface area (Å²) in [7, 11) is 4.03. The molecule has 2 aliphatic rings. The van der Waals surface area contributed by atoms with Crippen molar-refractivity contribution in [3.05, 3.63) is 0 Å². The molecule has 0 aromatic carbocycles. The average Bonchev–Trinajstić information content (AvgIpc) is 2.75. The molecule has 0 unspecified atom stereocenters. The molecule has 0 aromatic heterocycles. The van der Waals surface area contributed by atoms with Crippen LogP contribution in [0.25, 0.3) is 0 Å². The molecule has 36 heavy (non-hydrogen) atoms. The Morgan fingerprint density at radius 2 is 1.39 bits per heavy atom. The number of hydrogen-bond donors (Lipinski definition) is 2. The fourth-order valence-electron chi connectivity index (χ4n) is 4.58. The Kier molecular flexibility index (Phi) is 11.3. The van der Waals surface area contributed by atoms with Crippen LogP contribution in [0.2, 0.25) is 0 Å². The number of carbonyl (C=O) groups excluding carboxylic acids is 4. The summed E-state index contributed by atoms with van der Waals surface area (Å²) in [4.78, 5) is 49.3. The van der Waals surface area contributed by atoms with Crippen molar-refractivity contribution in [3.63, 3.8) is 0 Å². The van der Waals surface area contributed by atoms with E-state index in [4.69, 9.17) is 35.9 Å². The number of carbonyl (C=O) groups is 4. The molecule has 0 aromatic rings. The molecule has 2 fully saturated rings. The second-order valence-electron chi connectivity index (χ2n) is 9.16. The summed E-state index contributed by atoms with van der Waals surface area (Å²) < 4.78 is 27.4. The first kappa shape index (κ1) is 29.7. The number of nitrogens with zero attached hydrogens (tertiary/aromatic N) is 1. The van der Waals surface area contributed by atoms with Gasteiger partial charge in [0.05, 0.1) is 0 Å². The van der Waals surface area contributed by atoms with Gasteiger partial charge in [0, 0.05) is 39.8 Å². The molecule has 1 saturated heterocycles. The lowest BCUT2D eigenvalue weighted by atomic mass is 9.89. The Hall–Kier alpha value is -2.51. The SMILES string of the molecule is CC(=O)OC[C@H]1O[C@@H](NC(=S)N[C@@H]2CCCC[C@H]2N(C)C)[C@H](OC(C)=O)[C@@H](OC(C)=O)[C@@H]1OC(C)=O. The van der Waals surface area contributed by atoms with Crippen LogP contribution in [0, 0.1) is 0 Å². The third-order valence-electron chi connectivity index (χ3n) is 5.97. The van der Waals surface area contributed by atoms with E-state index in [-0.39, 0.29) is 23.8 Å². The fourth-order valence-corrected chi connectivity index (χ4v) is 4.85. The lowest BCUT2D eigenvalue weighted by Crippen LogP contribution is -2.67. The molecule has 2 rings (SSSR count). The fraction of sp³-hybridized carbons (Fsp3) is 0.783. The van der Waals surface area contributed by atoms with E-state index < -0.39 is 54.5 Å². The van der Waals surface area contributed by atoms with Gasteiger partial charge in [-0.15, -0.1) is 0 Å². The molecule has 12 nitrogen and oxygen atoms in total. The van der Waals surface area contributed by atoms with Gasteiger partial charge in [0.1, 0.15) is 12.7 Å². The summed E-state index contributed by atoms with van der Waals surface area (Å²) in [6.07, 6.45) is -1.72. The molecule has 0 amide bonds. The largest absolute Gasteiger partial charge is 0.463 e. The third-order valence-corrected chi connectivity index (χ3v) is 6.21. The maximum Gasteiger partial charge on any atom is 0.303 e. The molecule has 1 heterocycles. The minimum Gasteiger partial charge on any atom is -0.463 e. The second-order valence-corrected chi connectivity index (χ2v) is 9.57. The zero-order valence-corrected chi connectivity index (χ0v) is 22.4. The van der Waals surface area contributed by atoms with Gasteiger partial charge >= 0.3 is 23.9 Å². The van der Waals surface area contributed by atoms with Crippen molar-refractivity contribution < 1.29 is 42.9 Å². The molecular weight excluding hydrogens is 494 g/mol. The second kappa shape index (κ2) is 13.7. The van der Waals surface area contributed by atoms with Gasteiger partial charge in [-0.1, -0.05) is 12.8 Å². The number of thiocarbonyl (C=S) groups is 1. The highest BCUT2D eigenvalue weighted by molar-refractivity contribution is 7.80. The molecule has 7 atom stereocenters. The monoisotopic (exact) mass is 531 g/mol. The van der Waals surface area contributed by atoms with Gasteiger partial charge in [0.15, 0.2) is 29.7 Å². The minimum atomic E-state index is -1.26. The van der Waals surface area contributed by atoms with Gasteiger partial charge in [0.2, 0.25) is 0 Å². The van der Waals surface area contributed by atoms with Crippen LogP contribution in [0.1, 0.15) is 53.4 Å². The van der Waals surface area contributed by atoms with E-state index in [0.717, 1.165) is 25.7 Å². The molecule has 204 valence electrons. The smallest absolute Gasteiger partial charge is 0.303 e. The van der Waals surface area contributed by atoms with Crippen molar-refractivity contribution in [2.45, 2.75) is 96.1 Å². The van der Waals surface area contributed by atoms with Crippen molar-refractivity contribution >= 4 is 41.2 Å². The van der Waals surface area contributed by atoms with Crippen molar-refractivity contribution in [1.82, 2.24) is 15.5 Å². The van der Waals surface area contributed by atoms with E-state index in [9.17, 15) is 19.2 Å². The Morgan fingerprint density at radius 3 is 1.94 bits per heavy atom. The van der Waals surface area contributed by atoms with Gasteiger partial charge in [-0.25, -0.2) is 0 Å². The number of ether oxygens (including phenoxy) is 5. The Morgan fingerprint density at radius 1 is 0.833 bits per heavy atom. The number of likely N-dealkylation sites (N-methyl/N-ethyl adjacent to an activating group) is 1. The first-order chi connectivity index (χ1) is 16.9. The van der Waals surface area contributed by atoms with E-state index in [1.54, 1.807) is 0 Å². The van der Waals surface area contributed by atoms with E-state index in [1.165, 1.54) is 27.7 Å². The van der Waals surface area contributed by atoms with E-state index in [2.05, 4.69) is 15.5 Å². The Bertz CT molecular complexity index is 825. The summed E-state index contributed by atoms with van der Waals surface area (Å²) in [5.74, 6) is -2.64. The normalized spacial score (nSPS) is 30.0. The molecule has 1 saturated carbocycles. The van der Waals surface area contributed by atoms with Crippen LogP contribution in [0.4, 0.5) is 0 Å². The molecule has 1 aliphatic carbocycles. The first-order valence-corrected chi connectivity index (χ1v) is 12.3. The molecule has 0 bridgehead atoms. The van der Waals surface area contributed by atoms with Crippen LogP contribution in [0.3, 0.4) is 0 Å². The lowest BCUT2D eigenvalue weighted by molar-refractivity contribution is -0.255. The zero-order valence-electron chi connectivity index (χ0n) is 21.6. The third kappa shape index (κ3) is 8.86. The molecule has 2 N–H and O–H groups in total. The maximum absolute atomic E-state index is 12.0. The highest BCUT2D eigenvalue weighted by atomic mass is 32.1. The predicted molar refractivity (Wildman–Crippen MR) is 131 cm³/mol. The number of nitrogens with one attached hydrogen (secondary N) is 2. The first-order valence-electron chi connectivity index (χ1n) is 11.9. The standard InChI is InChI=1S/C23H37N3O9S/c1-12(27)31-11-18-19(32-13(2)28)20(33-14(3)29)21(34-15(4)30)22(35-18)25-23(36)24-16-9-7-8-10-17(16)26(5)6/h16-22H,7-11H2,1-6H3,(H2,24,25,36)/t16-,17-,18-,19-,20+,21-,22-/m1/s1. The highest BCUT2D eigenvalue weighted by Gasteiger charge is 2.52. The van der Waals surface area contributed by atoms with E-state index >= 15 is 0 Å². The maximum atomic E-state index is 12.0. The summed E-state index contributed by atoms with van der Waals surface area (Å²) >= 11 is 5.55. The lowest BCUT2D eigenvalue weighted by Gasteiger charge is -2.45. The molecular formula is C23H37N3O9S. The van der Waals surface area contributed by atoms with Gasteiger partial charge in [-0.05, 0) is 39.2 Å². The van der Waals surface area contributed by atoms with Crippen molar-refractivity contribution in [1.29, 1.82) is 0 Å². The number of rotatable bonds is 8. The number of esters is 4. The van der Waals surface area contributed by atoms with Gasteiger partial charge < -0.3 is 39.2 Å². The summed E-state index contributed by atoms with van der Waals surface area (Å²) in [5, 5.41) is 6.57. The van der Waals surface area contributed by atoms with Crippen LogP contribution in [0.15, 0.2) is 0 Å². The zero-order chi connectivity index (χ0) is 27.0. The molecule has 0 radical (unpaired) electrons. The quantitative estimate of drug-likeness (QED) is 0.254. The van der Waals surface area contributed by atoms with Crippen molar-refractivity contribution in [2.75, 3.05) is 20.7 Å². The Labute approximate surface area is 216 Å². The van der Waals surface area contributed by atoms with Crippen LogP contribution in [-0.2, 0) is 42.9 Å². The molecule has 0 spiro atoms. The summed E-state index contributed by atoms with van der Waals surface area (Å²) in [5.41, 5.74) is 0. The van der Waals surface area contributed by atoms with Gasteiger partial charge in [-0.3, -0.25) is 19.2 Å². The molecule has 1 aliphatic heterocycles. The topological polar surface area (TPSA) is 142 Å².